The summed E-state index contributed by atoms with van der Waals surface area (Å²) in [6.07, 6.45) is -0.844. The zero-order valence-corrected chi connectivity index (χ0v) is 14.3. The molecule has 0 bridgehead atoms. The van der Waals surface area contributed by atoms with E-state index in [1.54, 1.807) is 0 Å². The molecular weight excluding hydrogens is 336 g/mol. The van der Waals surface area contributed by atoms with Crippen LogP contribution in [0, 0.1) is 0 Å². The van der Waals surface area contributed by atoms with Crippen molar-refractivity contribution in [2.75, 3.05) is 33.0 Å². The molecule has 136 valence electrons. The van der Waals surface area contributed by atoms with Gasteiger partial charge < -0.3 is 24.2 Å². The van der Waals surface area contributed by atoms with Crippen LogP contribution in [-0.4, -0.2) is 54.0 Å². The number of ether oxygens (including phenoxy) is 3. The fourth-order valence-electron chi connectivity index (χ4n) is 3.14. The van der Waals surface area contributed by atoms with Gasteiger partial charge in [0.05, 0.1) is 0 Å². The van der Waals surface area contributed by atoms with Gasteiger partial charge in [0.2, 0.25) is 6.79 Å². The Kier molecular flexibility index (Phi) is 4.53. The summed E-state index contributed by atoms with van der Waals surface area (Å²) < 4.78 is 16.6. The topological polar surface area (TPSA) is 71.5 Å². The maximum Gasteiger partial charge on any atom is 0.407 e. The van der Waals surface area contributed by atoms with Gasteiger partial charge in [0.15, 0.2) is 11.5 Å². The summed E-state index contributed by atoms with van der Waals surface area (Å²) in [4.78, 5) is 14.7. The Balaban J connectivity index is 1.38. The zero-order valence-electron chi connectivity index (χ0n) is 14.3. The van der Waals surface area contributed by atoms with Gasteiger partial charge >= 0.3 is 6.09 Å². The van der Waals surface area contributed by atoms with Crippen LogP contribution in [0.15, 0.2) is 42.5 Å². The Bertz CT molecular complexity index is 802. The highest BCUT2D eigenvalue weighted by molar-refractivity contribution is 5.65. The number of piperazine rings is 1. The van der Waals surface area contributed by atoms with Crippen molar-refractivity contribution < 1.29 is 24.1 Å². The number of rotatable bonds is 4. The minimum absolute atomic E-state index is 0.239. The van der Waals surface area contributed by atoms with E-state index in [4.69, 9.17) is 19.3 Å². The van der Waals surface area contributed by atoms with Gasteiger partial charge in [-0.15, -0.1) is 0 Å². The van der Waals surface area contributed by atoms with Gasteiger partial charge in [-0.3, -0.25) is 4.90 Å². The maximum absolute atomic E-state index is 11.0. The first kappa shape index (κ1) is 16.5. The Morgan fingerprint density at radius 3 is 2.58 bits per heavy atom. The first-order valence-corrected chi connectivity index (χ1v) is 8.54. The van der Waals surface area contributed by atoms with Crippen LogP contribution in [0.4, 0.5) is 4.79 Å². The van der Waals surface area contributed by atoms with E-state index in [1.165, 1.54) is 4.90 Å². The molecule has 0 aliphatic carbocycles. The normalized spacial score (nSPS) is 16.5. The smallest absolute Gasteiger partial charge is 0.407 e. The molecule has 2 heterocycles. The van der Waals surface area contributed by atoms with E-state index in [0.29, 0.717) is 24.6 Å². The lowest BCUT2D eigenvalue weighted by molar-refractivity contribution is 0.103. The number of carbonyl (C=O) groups is 1. The molecule has 0 radical (unpaired) electrons. The van der Waals surface area contributed by atoms with Gasteiger partial charge in [0, 0.05) is 38.8 Å². The lowest BCUT2D eigenvalue weighted by Crippen LogP contribution is -2.47. The fraction of sp³-hybridized carbons (Fsp3) is 0.316. The molecule has 7 nitrogen and oxygen atoms in total. The summed E-state index contributed by atoms with van der Waals surface area (Å²) in [5, 5.41) is 9.02. The fourth-order valence-corrected chi connectivity index (χ4v) is 3.14. The summed E-state index contributed by atoms with van der Waals surface area (Å²) in [5.41, 5.74) is 1.13. The number of hydrogen-bond acceptors (Lipinski definition) is 5. The van der Waals surface area contributed by atoms with Crippen molar-refractivity contribution in [2.24, 2.45) is 0 Å². The third kappa shape index (κ3) is 3.67. The zero-order chi connectivity index (χ0) is 17.9. The average molecular weight is 356 g/mol. The molecule has 7 heteroatoms. The van der Waals surface area contributed by atoms with Crippen LogP contribution in [0.2, 0.25) is 0 Å². The monoisotopic (exact) mass is 356 g/mol. The van der Waals surface area contributed by atoms with Crippen molar-refractivity contribution >= 4 is 6.09 Å². The van der Waals surface area contributed by atoms with Gasteiger partial charge in [-0.1, -0.05) is 12.1 Å². The third-order valence-corrected chi connectivity index (χ3v) is 4.53. The lowest BCUT2D eigenvalue weighted by atomic mass is 10.2. The van der Waals surface area contributed by atoms with Crippen LogP contribution in [0.1, 0.15) is 5.56 Å². The molecule has 4 rings (SSSR count). The van der Waals surface area contributed by atoms with Gasteiger partial charge in [0.25, 0.3) is 0 Å². The summed E-state index contributed by atoms with van der Waals surface area (Å²) in [6.45, 7) is 3.57. The van der Waals surface area contributed by atoms with Gasteiger partial charge in [0.1, 0.15) is 11.5 Å². The first-order valence-electron chi connectivity index (χ1n) is 8.54. The highest BCUT2D eigenvalue weighted by Crippen LogP contribution is 2.36. The van der Waals surface area contributed by atoms with Crippen molar-refractivity contribution in [3.05, 3.63) is 48.0 Å². The molecule has 2 aliphatic rings. The average Bonchev–Trinajstić information content (AvgIpc) is 3.10. The quantitative estimate of drug-likeness (QED) is 0.908. The summed E-state index contributed by atoms with van der Waals surface area (Å²) in [6, 6.07) is 13.4. The lowest BCUT2D eigenvalue weighted by Gasteiger charge is -2.33. The number of amides is 1. The van der Waals surface area contributed by atoms with E-state index in [1.807, 2.05) is 36.4 Å². The van der Waals surface area contributed by atoms with Crippen LogP contribution < -0.4 is 14.2 Å². The molecule has 2 aromatic carbocycles. The number of nitrogens with zero attached hydrogens (tertiary/aromatic N) is 2. The van der Waals surface area contributed by atoms with Gasteiger partial charge in [-0.05, 0) is 29.8 Å². The molecule has 0 spiro atoms. The second-order valence-corrected chi connectivity index (χ2v) is 6.31. The first-order chi connectivity index (χ1) is 12.7. The van der Waals surface area contributed by atoms with E-state index in [-0.39, 0.29) is 6.79 Å². The maximum atomic E-state index is 11.0. The standard InChI is InChI=1S/C19H20N2O5/c22-19(23)21-8-6-20(7-9-21)12-14-2-1-3-15(10-14)26-16-4-5-17-18(11-16)25-13-24-17/h1-5,10-11H,6-9,12-13H2,(H,22,23). The summed E-state index contributed by atoms with van der Waals surface area (Å²) in [5.74, 6) is 2.87. The Hall–Kier alpha value is -2.93. The molecule has 1 saturated heterocycles. The molecular formula is C19H20N2O5. The van der Waals surface area contributed by atoms with E-state index in [2.05, 4.69) is 11.0 Å². The predicted octanol–water partition coefficient (Wildman–Crippen LogP) is 3.00. The molecule has 0 atom stereocenters. The molecule has 0 saturated carbocycles. The SMILES string of the molecule is O=C(O)N1CCN(Cc2cccc(Oc3ccc4c(c3)OCO4)c2)CC1. The van der Waals surface area contributed by atoms with E-state index < -0.39 is 6.09 Å². The van der Waals surface area contributed by atoms with Crippen molar-refractivity contribution in [1.82, 2.24) is 9.80 Å². The Labute approximate surface area is 151 Å². The summed E-state index contributed by atoms with van der Waals surface area (Å²) in [7, 11) is 0. The van der Waals surface area contributed by atoms with Crippen LogP contribution in [0.5, 0.6) is 23.0 Å². The minimum atomic E-state index is -0.844. The number of benzene rings is 2. The van der Waals surface area contributed by atoms with Crippen molar-refractivity contribution in [1.29, 1.82) is 0 Å². The summed E-state index contributed by atoms with van der Waals surface area (Å²) >= 11 is 0. The molecule has 1 N–H and O–H groups in total. The number of hydrogen-bond donors (Lipinski definition) is 1. The highest BCUT2D eigenvalue weighted by Gasteiger charge is 2.20. The largest absolute Gasteiger partial charge is 0.465 e. The predicted molar refractivity (Wildman–Crippen MR) is 94.0 cm³/mol. The van der Waals surface area contributed by atoms with Crippen LogP contribution in [0.3, 0.4) is 0 Å². The molecule has 1 amide bonds. The second kappa shape index (κ2) is 7.13. The number of fused-ring (bicyclic) bond motifs is 1. The highest BCUT2D eigenvalue weighted by atomic mass is 16.7. The third-order valence-electron chi connectivity index (χ3n) is 4.53. The molecule has 26 heavy (non-hydrogen) atoms. The molecule has 2 aromatic rings. The van der Waals surface area contributed by atoms with Crippen molar-refractivity contribution in [2.45, 2.75) is 6.54 Å². The van der Waals surface area contributed by atoms with E-state index in [9.17, 15) is 4.79 Å². The van der Waals surface area contributed by atoms with Crippen LogP contribution >= 0.6 is 0 Å². The van der Waals surface area contributed by atoms with Crippen LogP contribution in [0.25, 0.3) is 0 Å². The van der Waals surface area contributed by atoms with E-state index in [0.717, 1.165) is 36.7 Å². The second-order valence-electron chi connectivity index (χ2n) is 6.31. The van der Waals surface area contributed by atoms with Crippen molar-refractivity contribution in [3.8, 4) is 23.0 Å². The van der Waals surface area contributed by atoms with Crippen molar-refractivity contribution in [3.63, 3.8) is 0 Å². The van der Waals surface area contributed by atoms with Gasteiger partial charge in [-0.2, -0.15) is 0 Å². The Morgan fingerprint density at radius 2 is 1.77 bits per heavy atom. The van der Waals surface area contributed by atoms with Gasteiger partial charge in [-0.25, -0.2) is 4.79 Å². The minimum Gasteiger partial charge on any atom is -0.465 e. The van der Waals surface area contributed by atoms with E-state index >= 15 is 0 Å². The molecule has 0 unspecified atom stereocenters. The molecule has 0 aromatic heterocycles. The number of carboxylic acid groups (broad SMARTS) is 1. The molecule has 2 aliphatic heterocycles. The Morgan fingerprint density at radius 1 is 1.00 bits per heavy atom. The molecule has 1 fully saturated rings. The van der Waals surface area contributed by atoms with Crippen LogP contribution in [-0.2, 0) is 6.54 Å².